The van der Waals surface area contributed by atoms with Crippen molar-refractivity contribution in [2.75, 3.05) is 11.9 Å². The number of ether oxygens (including phenoxy) is 1. The highest BCUT2D eigenvalue weighted by molar-refractivity contribution is 6.02. The molecular weight excluding hydrogens is 411 g/mol. The fourth-order valence-corrected chi connectivity index (χ4v) is 4.22. The van der Waals surface area contributed by atoms with Crippen molar-refractivity contribution in [3.05, 3.63) is 59.2 Å². The van der Waals surface area contributed by atoms with Crippen LogP contribution in [0.2, 0.25) is 0 Å². The van der Waals surface area contributed by atoms with Crippen molar-refractivity contribution in [3.63, 3.8) is 0 Å². The standard InChI is InChI=1S/C21H18F3N5O2/c1-19(20(9-21(23,24)10-20)11-31-18(26)29-19)14-6-13(3-4-15(14)22)28-17(30)16-5-2-12(7-25)8-27-16/h2-6,8H,9-11H2,1H3,(H2,26,29)(H,28,30)/t19-/m1/s1. The minimum atomic E-state index is -2.89. The second-order valence-corrected chi connectivity index (χ2v) is 7.99. The number of nitrogens with two attached hydrogens (primary N) is 1. The Hall–Kier alpha value is -3.61. The van der Waals surface area contributed by atoms with Crippen LogP contribution in [-0.2, 0) is 10.3 Å². The highest BCUT2D eigenvalue weighted by atomic mass is 19.3. The van der Waals surface area contributed by atoms with Gasteiger partial charge in [-0.15, -0.1) is 0 Å². The SMILES string of the molecule is C[C@]1(c2cc(NC(=O)c3ccc(C#N)cn3)ccc2F)N=C(N)OCC12CC(F)(F)C2. The highest BCUT2D eigenvalue weighted by Gasteiger charge is 2.67. The number of benzene rings is 1. The van der Waals surface area contributed by atoms with E-state index >= 15 is 0 Å². The number of hydrogen-bond acceptors (Lipinski definition) is 6. The zero-order valence-electron chi connectivity index (χ0n) is 16.5. The third kappa shape index (κ3) is 3.46. The van der Waals surface area contributed by atoms with Crippen molar-refractivity contribution in [1.82, 2.24) is 4.98 Å². The molecular formula is C21H18F3N5O2. The number of rotatable bonds is 3. The lowest BCUT2D eigenvalue weighted by atomic mass is 9.54. The molecule has 160 valence electrons. The Bertz CT molecular complexity index is 1120. The van der Waals surface area contributed by atoms with Gasteiger partial charge in [-0.25, -0.2) is 23.1 Å². The van der Waals surface area contributed by atoms with Crippen LogP contribution in [-0.4, -0.2) is 29.4 Å². The number of aromatic nitrogens is 1. The molecule has 3 N–H and O–H groups in total. The van der Waals surface area contributed by atoms with Gasteiger partial charge < -0.3 is 15.8 Å². The average molecular weight is 429 g/mol. The van der Waals surface area contributed by atoms with Gasteiger partial charge in [0.1, 0.15) is 29.7 Å². The van der Waals surface area contributed by atoms with Crippen LogP contribution >= 0.6 is 0 Å². The molecule has 0 radical (unpaired) electrons. The van der Waals surface area contributed by atoms with Crippen molar-refractivity contribution >= 4 is 17.6 Å². The Balaban J connectivity index is 1.67. The Kier molecular flexibility index (Phi) is 4.65. The largest absolute Gasteiger partial charge is 0.465 e. The van der Waals surface area contributed by atoms with E-state index in [1.165, 1.54) is 30.5 Å². The first-order valence-corrected chi connectivity index (χ1v) is 9.41. The molecule has 0 saturated heterocycles. The Morgan fingerprint density at radius 1 is 1.29 bits per heavy atom. The normalized spacial score (nSPS) is 23.1. The van der Waals surface area contributed by atoms with Crippen LogP contribution in [0.15, 0.2) is 41.5 Å². The number of carbonyl (C=O) groups excluding carboxylic acids is 1. The smallest absolute Gasteiger partial charge is 0.282 e. The van der Waals surface area contributed by atoms with Crippen molar-refractivity contribution < 1.29 is 22.7 Å². The lowest BCUT2D eigenvalue weighted by Gasteiger charge is -2.56. The predicted octanol–water partition coefficient (Wildman–Crippen LogP) is 3.32. The minimum Gasteiger partial charge on any atom is -0.465 e. The molecule has 0 unspecified atom stereocenters. The van der Waals surface area contributed by atoms with E-state index in [9.17, 15) is 18.0 Å². The van der Waals surface area contributed by atoms with Crippen LogP contribution < -0.4 is 11.1 Å². The van der Waals surface area contributed by atoms with E-state index in [2.05, 4.69) is 15.3 Å². The number of amidine groups is 1. The van der Waals surface area contributed by atoms with E-state index in [0.29, 0.717) is 5.56 Å². The molecule has 2 aromatic rings. The number of aliphatic imine (C=N–C) groups is 1. The lowest BCUT2D eigenvalue weighted by molar-refractivity contribution is -0.207. The molecule has 1 fully saturated rings. The number of nitrogens with zero attached hydrogens (tertiary/aromatic N) is 3. The molecule has 4 rings (SSSR count). The molecule has 1 saturated carbocycles. The van der Waals surface area contributed by atoms with Crippen molar-refractivity contribution in [2.45, 2.75) is 31.2 Å². The third-order valence-electron chi connectivity index (χ3n) is 5.93. The molecule has 7 nitrogen and oxygen atoms in total. The van der Waals surface area contributed by atoms with Crippen molar-refractivity contribution in [3.8, 4) is 6.07 Å². The van der Waals surface area contributed by atoms with E-state index < -0.39 is 41.4 Å². The number of anilines is 1. The maximum atomic E-state index is 14.9. The summed E-state index contributed by atoms with van der Waals surface area (Å²) in [6, 6.07) is 8.36. The predicted molar refractivity (Wildman–Crippen MR) is 105 cm³/mol. The average Bonchev–Trinajstić information content (AvgIpc) is 2.71. The summed E-state index contributed by atoms with van der Waals surface area (Å²) < 4.78 is 47.7. The van der Waals surface area contributed by atoms with Crippen LogP contribution in [0.3, 0.4) is 0 Å². The molecule has 1 aromatic carbocycles. The van der Waals surface area contributed by atoms with Gasteiger partial charge in [0.05, 0.1) is 5.56 Å². The maximum absolute atomic E-state index is 14.9. The molecule has 1 atom stereocenters. The molecule has 31 heavy (non-hydrogen) atoms. The van der Waals surface area contributed by atoms with Gasteiger partial charge in [0.2, 0.25) is 5.92 Å². The van der Waals surface area contributed by atoms with E-state index in [1.807, 2.05) is 6.07 Å². The summed E-state index contributed by atoms with van der Waals surface area (Å²) >= 11 is 0. The first-order valence-electron chi connectivity index (χ1n) is 9.41. The van der Waals surface area contributed by atoms with Gasteiger partial charge in [-0.05, 0) is 37.3 Å². The van der Waals surface area contributed by atoms with Gasteiger partial charge in [0, 0.05) is 35.7 Å². The summed E-state index contributed by atoms with van der Waals surface area (Å²) in [5.41, 5.74) is 3.78. The Morgan fingerprint density at radius 3 is 2.65 bits per heavy atom. The van der Waals surface area contributed by atoms with Crippen LogP contribution in [0.1, 0.15) is 41.4 Å². The zero-order valence-corrected chi connectivity index (χ0v) is 16.5. The summed E-state index contributed by atoms with van der Waals surface area (Å²) in [6.45, 7) is 1.43. The second kappa shape index (κ2) is 6.97. The number of alkyl halides is 2. The summed E-state index contributed by atoms with van der Waals surface area (Å²) in [5, 5.41) is 11.4. The lowest BCUT2D eigenvalue weighted by Crippen LogP contribution is -2.62. The summed E-state index contributed by atoms with van der Waals surface area (Å²) in [6.07, 6.45) is 0.225. The van der Waals surface area contributed by atoms with E-state index in [-0.39, 0.29) is 29.6 Å². The monoisotopic (exact) mass is 429 g/mol. The zero-order chi connectivity index (χ0) is 22.4. The molecule has 2 heterocycles. The van der Waals surface area contributed by atoms with E-state index in [4.69, 9.17) is 15.7 Å². The number of halogens is 3. The molecule has 2 aliphatic rings. The van der Waals surface area contributed by atoms with Crippen LogP contribution in [0.4, 0.5) is 18.9 Å². The molecule has 1 aromatic heterocycles. The Morgan fingerprint density at radius 2 is 2.03 bits per heavy atom. The van der Waals surface area contributed by atoms with Crippen LogP contribution in [0.5, 0.6) is 0 Å². The fraction of sp³-hybridized carbons (Fsp3) is 0.333. The number of carbonyl (C=O) groups is 1. The van der Waals surface area contributed by atoms with Gasteiger partial charge >= 0.3 is 0 Å². The van der Waals surface area contributed by atoms with Crippen molar-refractivity contribution in [2.24, 2.45) is 16.1 Å². The molecule has 1 amide bonds. The van der Waals surface area contributed by atoms with E-state index in [0.717, 1.165) is 6.07 Å². The van der Waals surface area contributed by atoms with Crippen LogP contribution in [0, 0.1) is 22.6 Å². The van der Waals surface area contributed by atoms with Gasteiger partial charge in [0.15, 0.2) is 0 Å². The molecule has 1 aliphatic carbocycles. The second-order valence-electron chi connectivity index (χ2n) is 7.99. The fourth-order valence-electron chi connectivity index (χ4n) is 4.22. The van der Waals surface area contributed by atoms with Crippen molar-refractivity contribution in [1.29, 1.82) is 5.26 Å². The first-order chi connectivity index (χ1) is 14.6. The topological polar surface area (TPSA) is 113 Å². The van der Waals surface area contributed by atoms with Crippen LogP contribution in [0.25, 0.3) is 0 Å². The molecule has 1 spiro atoms. The van der Waals surface area contributed by atoms with Gasteiger partial charge in [0.25, 0.3) is 11.9 Å². The molecule has 1 aliphatic heterocycles. The summed E-state index contributed by atoms with van der Waals surface area (Å²) in [7, 11) is 0. The Labute approximate surface area is 175 Å². The molecule has 10 heteroatoms. The number of hydrogen-bond donors (Lipinski definition) is 2. The first kappa shape index (κ1) is 20.7. The number of amides is 1. The number of nitrogens with one attached hydrogen (secondary N) is 1. The summed E-state index contributed by atoms with van der Waals surface area (Å²) in [4.78, 5) is 20.6. The summed E-state index contributed by atoms with van der Waals surface area (Å²) in [5.74, 6) is -4.13. The molecule has 0 bridgehead atoms. The van der Waals surface area contributed by atoms with Gasteiger partial charge in [-0.1, -0.05) is 0 Å². The minimum absolute atomic E-state index is 0.0276. The number of nitriles is 1. The quantitative estimate of drug-likeness (QED) is 0.777. The third-order valence-corrected chi connectivity index (χ3v) is 5.93. The van der Waals surface area contributed by atoms with E-state index in [1.54, 1.807) is 6.92 Å². The maximum Gasteiger partial charge on any atom is 0.282 e. The van der Waals surface area contributed by atoms with Gasteiger partial charge in [-0.2, -0.15) is 5.26 Å². The highest BCUT2D eigenvalue weighted by Crippen LogP contribution is 2.63. The van der Waals surface area contributed by atoms with Gasteiger partial charge in [-0.3, -0.25) is 4.79 Å². The number of pyridine rings is 1.